The van der Waals surface area contributed by atoms with E-state index in [9.17, 15) is 4.79 Å². The highest BCUT2D eigenvalue weighted by Gasteiger charge is 2.44. The minimum absolute atomic E-state index is 0.178. The Balaban J connectivity index is 1.14. The van der Waals surface area contributed by atoms with Gasteiger partial charge in [-0.25, -0.2) is 0 Å². The monoisotopic (exact) mass is 641 g/mol. The third-order valence-electron chi connectivity index (χ3n) is 8.70. The summed E-state index contributed by atoms with van der Waals surface area (Å²) in [4.78, 5) is 17.4. The number of amides is 1. The molecule has 0 saturated heterocycles. The number of carbonyl (C=O) groups excluding carboxylic acids is 1. The highest BCUT2D eigenvalue weighted by molar-refractivity contribution is 9.10. The van der Waals surface area contributed by atoms with Crippen LogP contribution in [-0.4, -0.2) is 24.4 Å². The first-order valence-corrected chi connectivity index (χ1v) is 18.5. The lowest BCUT2D eigenvalue weighted by atomic mass is 10.0. The Kier molecular flexibility index (Phi) is 17.2. The predicted octanol–water partition coefficient (Wildman–Crippen LogP) is 12.2. The maximum atomic E-state index is 13.0. The molecule has 2 unspecified atom stereocenters. The first kappa shape index (κ1) is 34.2. The first-order chi connectivity index (χ1) is 20.1. The van der Waals surface area contributed by atoms with E-state index in [1.807, 2.05) is 18.0 Å². The van der Waals surface area contributed by atoms with Crippen molar-refractivity contribution in [1.29, 1.82) is 0 Å². The van der Waals surface area contributed by atoms with Crippen molar-refractivity contribution in [2.75, 3.05) is 13.6 Å². The number of hydrogen-bond donors (Lipinski definition) is 0. The number of nitrogens with zero attached hydrogens (tertiary/aromatic N) is 1. The highest BCUT2D eigenvalue weighted by Crippen LogP contribution is 2.48. The largest absolute Gasteiger partial charge is 0.346 e. The van der Waals surface area contributed by atoms with Crippen molar-refractivity contribution in [1.82, 2.24) is 4.90 Å². The van der Waals surface area contributed by atoms with E-state index in [0.717, 1.165) is 23.9 Å². The van der Waals surface area contributed by atoms with Crippen LogP contribution >= 0.6 is 27.7 Å². The van der Waals surface area contributed by atoms with Gasteiger partial charge in [-0.3, -0.25) is 4.79 Å². The van der Waals surface area contributed by atoms with Gasteiger partial charge in [-0.2, -0.15) is 0 Å². The van der Waals surface area contributed by atoms with Crippen LogP contribution < -0.4 is 0 Å². The van der Waals surface area contributed by atoms with Crippen LogP contribution in [-0.2, 0) is 4.79 Å². The van der Waals surface area contributed by atoms with Crippen LogP contribution in [0, 0.1) is 5.92 Å². The number of benzene rings is 2. The molecule has 0 heterocycles. The fourth-order valence-electron chi connectivity index (χ4n) is 5.92. The standard InChI is InChI=1S/C37H56BrNOS/c1-3-4-5-6-7-8-9-10-11-12-13-14-15-16-17-18-19-22-29-39(2)37(40)34-30-33(34)31-25-27-32(28-26-31)41-36-24-21-20-23-35(36)38/h20-21,23-28,33-34H,3-19,22,29-30H2,1-2H3. The fourth-order valence-corrected chi connectivity index (χ4v) is 7.28. The smallest absolute Gasteiger partial charge is 0.226 e. The molecule has 4 heteroatoms. The summed E-state index contributed by atoms with van der Waals surface area (Å²) < 4.78 is 1.12. The van der Waals surface area contributed by atoms with Crippen molar-refractivity contribution < 1.29 is 4.79 Å². The maximum absolute atomic E-state index is 13.0. The summed E-state index contributed by atoms with van der Waals surface area (Å²) in [6.07, 6.45) is 26.1. The van der Waals surface area contributed by atoms with Crippen LogP contribution in [0.2, 0.25) is 0 Å². The van der Waals surface area contributed by atoms with Crippen molar-refractivity contribution in [3.05, 3.63) is 58.6 Å². The van der Waals surface area contributed by atoms with Crippen LogP contribution in [0.5, 0.6) is 0 Å². The molecule has 2 aromatic rings. The van der Waals surface area contributed by atoms with Gasteiger partial charge in [0.1, 0.15) is 0 Å². The van der Waals surface area contributed by atoms with Gasteiger partial charge in [-0.1, -0.05) is 152 Å². The Bertz CT molecular complexity index is 977. The normalized spacial score (nSPS) is 16.2. The molecule has 0 N–H and O–H groups in total. The van der Waals surface area contributed by atoms with Gasteiger partial charge >= 0.3 is 0 Å². The Morgan fingerprint density at radius 1 is 0.732 bits per heavy atom. The first-order valence-electron chi connectivity index (χ1n) is 16.9. The van der Waals surface area contributed by atoms with Gasteiger partial charge in [0.2, 0.25) is 5.91 Å². The molecule has 1 aliphatic carbocycles. The lowest BCUT2D eigenvalue weighted by molar-refractivity contribution is -0.131. The number of hydrogen-bond acceptors (Lipinski definition) is 2. The molecule has 41 heavy (non-hydrogen) atoms. The molecule has 2 atom stereocenters. The van der Waals surface area contributed by atoms with E-state index in [1.165, 1.54) is 125 Å². The SMILES string of the molecule is CCCCCCCCCCCCCCCCCCCCN(C)C(=O)C1CC1c1ccc(Sc2ccccc2Br)cc1. The minimum atomic E-state index is 0.178. The Morgan fingerprint density at radius 3 is 1.73 bits per heavy atom. The molecular weight excluding hydrogens is 586 g/mol. The summed E-state index contributed by atoms with van der Waals surface area (Å²) in [6, 6.07) is 17.1. The van der Waals surface area contributed by atoms with E-state index in [0.29, 0.717) is 11.8 Å². The van der Waals surface area contributed by atoms with Gasteiger partial charge in [0.15, 0.2) is 0 Å². The van der Waals surface area contributed by atoms with E-state index in [1.54, 1.807) is 11.8 Å². The lowest BCUT2D eigenvalue weighted by Crippen LogP contribution is -2.29. The van der Waals surface area contributed by atoms with Gasteiger partial charge in [0.25, 0.3) is 0 Å². The summed E-state index contributed by atoms with van der Waals surface area (Å²) in [7, 11) is 2.00. The summed E-state index contributed by atoms with van der Waals surface area (Å²) >= 11 is 5.40. The molecular formula is C37H56BrNOS. The average molecular weight is 643 g/mol. The molecule has 0 radical (unpaired) electrons. The van der Waals surface area contributed by atoms with Crippen molar-refractivity contribution >= 4 is 33.6 Å². The number of unbranched alkanes of at least 4 members (excludes halogenated alkanes) is 17. The zero-order chi connectivity index (χ0) is 29.1. The Morgan fingerprint density at radius 2 is 1.22 bits per heavy atom. The molecule has 3 rings (SSSR count). The van der Waals surface area contributed by atoms with Gasteiger partial charge < -0.3 is 4.90 Å². The summed E-state index contributed by atoms with van der Waals surface area (Å²) in [5.41, 5.74) is 1.31. The van der Waals surface area contributed by atoms with E-state index in [4.69, 9.17) is 0 Å². The quantitative estimate of drug-likeness (QED) is 0.112. The van der Waals surface area contributed by atoms with Gasteiger partial charge in [-0.15, -0.1) is 0 Å². The average Bonchev–Trinajstić information content (AvgIpc) is 3.78. The molecule has 1 amide bonds. The molecule has 2 aromatic carbocycles. The molecule has 1 aliphatic rings. The molecule has 0 aliphatic heterocycles. The van der Waals surface area contributed by atoms with E-state index in [-0.39, 0.29) is 5.92 Å². The third kappa shape index (κ3) is 13.7. The van der Waals surface area contributed by atoms with Crippen molar-refractivity contribution in [3.63, 3.8) is 0 Å². The fraction of sp³-hybridized carbons (Fsp3) is 0.649. The molecule has 1 fully saturated rings. The summed E-state index contributed by atoms with van der Waals surface area (Å²) in [5, 5.41) is 0. The molecule has 1 saturated carbocycles. The number of carbonyl (C=O) groups is 1. The van der Waals surface area contributed by atoms with Crippen LogP contribution in [0.4, 0.5) is 0 Å². The number of rotatable bonds is 23. The molecule has 0 bridgehead atoms. The van der Waals surface area contributed by atoms with Gasteiger partial charge in [0.05, 0.1) is 0 Å². The lowest BCUT2D eigenvalue weighted by Gasteiger charge is -2.17. The minimum Gasteiger partial charge on any atom is -0.346 e. The molecule has 2 nitrogen and oxygen atoms in total. The zero-order valence-corrected chi connectivity index (χ0v) is 28.5. The van der Waals surface area contributed by atoms with Crippen LogP contribution in [0.3, 0.4) is 0 Å². The molecule has 0 spiro atoms. The second-order valence-corrected chi connectivity index (χ2v) is 14.3. The second-order valence-electron chi connectivity index (χ2n) is 12.3. The van der Waals surface area contributed by atoms with Crippen LogP contribution in [0.15, 0.2) is 62.8 Å². The van der Waals surface area contributed by atoms with Crippen LogP contribution in [0.1, 0.15) is 140 Å². The molecule has 0 aromatic heterocycles. The van der Waals surface area contributed by atoms with Crippen LogP contribution in [0.25, 0.3) is 0 Å². The summed E-state index contributed by atoms with van der Waals surface area (Å²) in [5.74, 6) is 0.916. The van der Waals surface area contributed by atoms with E-state index < -0.39 is 0 Å². The number of halogens is 1. The molecule has 228 valence electrons. The topological polar surface area (TPSA) is 20.3 Å². The highest BCUT2D eigenvalue weighted by atomic mass is 79.9. The van der Waals surface area contributed by atoms with Crippen molar-refractivity contribution in [3.8, 4) is 0 Å². The van der Waals surface area contributed by atoms with Gasteiger partial charge in [0, 0.05) is 33.8 Å². The van der Waals surface area contributed by atoms with Crippen molar-refractivity contribution in [2.24, 2.45) is 5.92 Å². The van der Waals surface area contributed by atoms with Gasteiger partial charge in [-0.05, 0) is 64.5 Å². The zero-order valence-electron chi connectivity index (χ0n) is 26.1. The Hall–Kier alpha value is -1.26. The second kappa shape index (κ2) is 20.6. The maximum Gasteiger partial charge on any atom is 0.226 e. The Labute approximate surface area is 265 Å². The third-order valence-corrected chi connectivity index (χ3v) is 10.7. The van der Waals surface area contributed by atoms with E-state index in [2.05, 4.69) is 65.3 Å². The summed E-state index contributed by atoms with van der Waals surface area (Å²) in [6.45, 7) is 3.20. The van der Waals surface area contributed by atoms with Crippen molar-refractivity contribution in [2.45, 2.75) is 145 Å². The predicted molar refractivity (Wildman–Crippen MR) is 182 cm³/mol. The van der Waals surface area contributed by atoms with E-state index >= 15 is 0 Å².